The largest absolute Gasteiger partial charge is 0.291 e. The molecule has 0 bridgehead atoms. The Labute approximate surface area is 146 Å². The molecule has 2 aromatic rings. The summed E-state index contributed by atoms with van der Waals surface area (Å²) in [5.41, 5.74) is 1.04. The molecule has 0 atom stereocenters. The zero-order valence-electron chi connectivity index (χ0n) is 13.0. The van der Waals surface area contributed by atoms with Crippen molar-refractivity contribution in [2.75, 3.05) is 0 Å². The van der Waals surface area contributed by atoms with Crippen molar-refractivity contribution >= 4 is 29.6 Å². The molecule has 2 nitrogen and oxygen atoms in total. The van der Waals surface area contributed by atoms with Gasteiger partial charge in [0.25, 0.3) is 0 Å². The smallest absolute Gasteiger partial charge is 0.224 e. The molecule has 1 aliphatic carbocycles. The van der Waals surface area contributed by atoms with E-state index in [9.17, 15) is 5.21 Å². The van der Waals surface area contributed by atoms with Crippen LogP contribution in [0.25, 0.3) is 0 Å². The molecule has 0 aliphatic heterocycles. The van der Waals surface area contributed by atoms with E-state index in [1.807, 2.05) is 48.7 Å². The fourth-order valence-electron chi connectivity index (χ4n) is 2.90. The molecule has 0 heterocycles. The molecule has 1 fully saturated rings. The molecule has 0 saturated heterocycles. The van der Waals surface area contributed by atoms with Crippen molar-refractivity contribution in [3.05, 3.63) is 59.1 Å². The highest BCUT2D eigenvalue weighted by Crippen LogP contribution is 2.30. The van der Waals surface area contributed by atoms with E-state index < -0.39 is 0 Å². The Kier molecular flexibility index (Phi) is 5.63. The van der Waals surface area contributed by atoms with Crippen LogP contribution >= 0.6 is 23.4 Å². The Hall–Kier alpha value is -1.45. The summed E-state index contributed by atoms with van der Waals surface area (Å²) in [5.74, 6) is 0. The Morgan fingerprint density at radius 1 is 1.00 bits per heavy atom. The minimum absolute atomic E-state index is 0.248. The molecule has 120 valence electrons. The average molecular weight is 347 g/mol. The molecule has 1 N–H and O–H groups in total. The molecule has 0 spiro atoms. The lowest BCUT2D eigenvalue weighted by Gasteiger charge is -2.15. The van der Waals surface area contributed by atoms with E-state index in [-0.39, 0.29) is 6.04 Å². The first kappa shape index (κ1) is 16.4. The molecular formula is C19H21ClNOS+. The summed E-state index contributed by atoms with van der Waals surface area (Å²) < 4.78 is 1.42. The van der Waals surface area contributed by atoms with Gasteiger partial charge >= 0.3 is 0 Å². The maximum absolute atomic E-state index is 10.4. The lowest BCUT2D eigenvalue weighted by molar-refractivity contribution is -0.797. The van der Waals surface area contributed by atoms with Gasteiger partial charge in [-0.3, -0.25) is 5.21 Å². The maximum atomic E-state index is 10.4. The van der Waals surface area contributed by atoms with Crippen molar-refractivity contribution < 1.29 is 9.95 Å². The van der Waals surface area contributed by atoms with Crippen molar-refractivity contribution in [3.8, 4) is 0 Å². The predicted molar refractivity (Wildman–Crippen MR) is 96.1 cm³/mol. The summed E-state index contributed by atoms with van der Waals surface area (Å²) in [6.45, 7) is 0. The van der Waals surface area contributed by atoms with Gasteiger partial charge in [-0.2, -0.15) is 0 Å². The third kappa shape index (κ3) is 4.52. The van der Waals surface area contributed by atoms with Crippen LogP contribution in [0.1, 0.15) is 37.7 Å². The number of halogens is 1. The zero-order chi connectivity index (χ0) is 16.1. The topological polar surface area (TPSA) is 23.2 Å². The summed E-state index contributed by atoms with van der Waals surface area (Å²) >= 11 is 7.63. The second kappa shape index (κ2) is 7.89. The van der Waals surface area contributed by atoms with Crippen molar-refractivity contribution in [1.82, 2.24) is 0 Å². The Bertz CT molecular complexity index is 678. The Balaban J connectivity index is 1.81. The first-order valence-electron chi connectivity index (χ1n) is 8.07. The van der Waals surface area contributed by atoms with Crippen LogP contribution in [0.15, 0.2) is 58.3 Å². The number of benzene rings is 2. The lowest BCUT2D eigenvalue weighted by atomic mass is 9.96. The lowest BCUT2D eigenvalue weighted by Crippen LogP contribution is -2.27. The molecular weight excluding hydrogens is 326 g/mol. The molecule has 0 unspecified atom stereocenters. The van der Waals surface area contributed by atoms with Gasteiger partial charge in [-0.15, -0.1) is 0 Å². The van der Waals surface area contributed by atoms with Crippen LogP contribution < -0.4 is 0 Å². The van der Waals surface area contributed by atoms with E-state index >= 15 is 0 Å². The predicted octanol–water partition coefficient (Wildman–Crippen LogP) is 5.64. The van der Waals surface area contributed by atoms with Gasteiger partial charge in [0, 0.05) is 27.7 Å². The number of hydrogen-bond donors (Lipinski definition) is 1. The second-order valence-electron chi connectivity index (χ2n) is 5.89. The number of rotatable bonds is 4. The van der Waals surface area contributed by atoms with Gasteiger partial charge in [0.2, 0.25) is 12.3 Å². The van der Waals surface area contributed by atoms with Gasteiger partial charge < -0.3 is 0 Å². The minimum atomic E-state index is 0.248. The van der Waals surface area contributed by atoms with Crippen LogP contribution in [0.4, 0.5) is 0 Å². The quantitative estimate of drug-likeness (QED) is 0.335. The number of hydrogen-bond acceptors (Lipinski definition) is 2. The Morgan fingerprint density at radius 3 is 2.43 bits per heavy atom. The highest BCUT2D eigenvalue weighted by Gasteiger charge is 2.24. The monoisotopic (exact) mass is 346 g/mol. The first-order valence-corrected chi connectivity index (χ1v) is 9.26. The highest BCUT2D eigenvalue weighted by molar-refractivity contribution is 7.99. The van der Waals surface area contributed by atoms with Crippen LogP contribution in [-0.2, 0) is 0 Å². The van der Waals surface area contributed by atoms with Crippen molar-refractivity contribution in [2.45, 2.75) is 47.9 Å². The van der Waals surface area contributed by atoms with Crippen LogP contribution in [0.2, 0.25) is 5.02 Å². The van der Waals surface area contributed by atoms with E-state index in [1.165, 1.54) is 24.0 Å². The summed E-state index contributed by atoms with van der Waals surface area (Å²) in [4.78, 5) is 2.27. The Morgan fingerprint density at radius 2 is 1.70 bits per heavy atom. The fourth-order valence-corrected chi connectivity index (χ4v) is 3.94. The van der Waals surface area contributed by atoms with E-state index in [2.05, 4.69) is 6.07 Å². The molecule has 0 aromatic heterocycles. The molecule has 4 heteroatoms. The molecule has 3 rings (SSSR count). The van der Waals surface area contributed by atoms with Crippen molar-refractivity contribution in [2.24, 2.45) is 0 Å². The van der Waals surface area contributed by atoms with Gasteiger partial charge in [0.1, 0.15) is 0 Å². The number of hydroxylamine groups is 1. The van der Waals surface area contributed by atoms with Crippen molar-refractivity contribution in [1.29, 1.82) is 0 Å². The standard InChI is InChI=1S/C19H21ClNOS/c20-16-10-12-18(13-11-16)23-19-9-5-4-6-15(19)14-21(22)17-7-2-1-3-8-17/h4-6,9-14,17,22H,1-3,7-8H2/q+1. The highest BCUT2D eigenvalue weighted by atomic mass is 35.5. The van der Waals surface area contributed by atoms with E-state index in [4.69, 9.17) is 11.6 Å². The fraction of sp³-hybridized carbons (Fsp3) is 0.316. The van der Waals surface area contributed by atoms with Crippen LogP contribution in [0.3, 0.4) is 0 Å². The van der Waals surface area contributed by atoms with Crippen LogP contribution in [0.5, 0.6) is 0 Å². The average Bonchev–Trinajstić information content (AvgIpc) is 2.59. The molecule has 1 saturated carbocycles. The molecule has 1 aliphatic rings. The summed E-state index contributed by atoms with van der Waals surface area (Å²) in [6, 6.07) is 16.2. The van der Waals surface area contributed by atoms with Crippen LogP contribution in [-0.4, -0.2) is 22.2 Å². The maximum Gasteiger partial charge on any atom is 0.224 e. The summed E-state index contributed by atoms with van der Waals surface area (Å²) in [7, 11) is 0. The summed E-state index contributed by atoms with van der Waals surface area (Å²) in [5, 5.41) is 11.1. The molecule has 2 aromatic carbocycles. The van der Waals surface area contributed by atoms with Gasteiger partial charge in [-0.25, -0.2) is 0 Å². The second-order valence-corrected chi connectivity index (χ2v) is 7.45. The van der Waals surface area contributed by atoms with E-state index in [0.29, 0.717) is 0 Å². The van der Waals surface area contributed by atoms with E-state index in [0.717, 1.165) is 33.2 Å². The normalized spacial score (nSPS) is 16.5. The third-order valence-electron chi connectivity index (χ3n) is 4.18. The SMILES string of the molecule is O[N+](=Cc1ccccc1Sc1ccc(Cl)cc1)C1CCCCC1. The third-order valence-corrected chi connectivity index (χ3v) is 5.53. The van der Waals surface area contributed by atoms with Crippen molar-refractivity contribution in [3.63, 3.8) is 0 Å². The molecule has 23 heavy (non-hydrogen) atoms. The molecule has 0 amide bonds. The number of nitrogens with zero attached hydrogens (tertiary/aromatic N) is 1. The van der Waals surface area contributed by atoms with Gasteiger partial charge in [0.15, 0.2) is 0 Å². The van der Waals surface area contributed by atoms with Gasteiger partial charge in [0.05, 0.1) is 5.56 Å². The van der Waals surface area contributed by atoms with Crippen LogP contribution in [0, 0.1) is 0 Å². The molecule has 0 radical (unpaired) electrons. The first-order chi connectivity index (χ1) is 11.2. The van der Waals surface area contributed by atoms with Gasteiger partial charge in [-0.1, -0.05) is 41.9 Å². The van der Waals surface area contributed by atoms with E-state index in [1.54, 1.807) is 11.8 Å². The van der Waals surface area contributed by atoms with Gasteiger partial charge in [-0.05, 0) is 54.0 Å². The zero-order valence-corrected chi connectivity index (χ0v) is 14.6. The minimum Gasteiger partial charge on any atom is -0.291 e. The summed E-state index contributed by atoms with van der Waals surface area (Å²) in [6.07, 6.45) is 7.70.